The van der Waals surface area contributed by atoms with Crippen LogP contribution < -0.4 is 10.5 Å². The predicted octanol–water partition coefficient (Wildman–Crippen LogP) is 1.48. The van der Waals surface area contributed by atoms with Crippen molar-refractivity contribution < 1.29 is 17.6 Å². The molecule has 0 bridgehead atoms. The molecule has 1 aliphatic heterocycles. The molecule has 0 spiro atoms. The molecule has 2 heterocycles. The molecule has 142 valence electrons. The molecule has 1 aromatic heterocycles. The molecule has 1 fully saturated rings. The Morgan fingerprint density at radius 3 is 2.54 bits per heavy atom. The number of aryl methyl sites for hydroxylation is 1. The first-order valence-corrected chi connectivity index (χ1v) is 9.45. The van der Waals surface area contributed by atoms with Crippen molar-refractivity contribution in [2.24, 2.45) is 5.73 Å². The molecule has 0 saturated carbocycles. The zero-order chi connectivity index (χ0) is 18.2. The molecule has 1 saturated heterocycles. The summed E-state index contributed by atoms with van der Waals surface area (Å²) < 4.78 is 31.1. The van der Waals surface area contributed by atoms with E-state index in [4.69, 9.17) is 10.2 Å². The molecule has 7 nitrogen and oxygen atoms in total. The Balaban J connectivity index is 0.00000243. The van der Waals surface area contributed by atoms with Crippen LogP contribution in [0.15, 0.2) is 45.9 Å². The number of benzene rings is 1. The summed E-state index contributed by atoms with van der Waals surface area (Å²) in [5, 5.41) is -0.265. The normalized spacial score (nSPS) is 20.0. The van der Waals surface area contributed by atoms with E-state index in [9.17, 15) is 13.2 Å². The van der Waals surface area contributed by atoms with Gasteiger partial charge in [0.2, 0.25) is 5.09 Å². The summed E-state index contributed by atoms with van der Waals surface area (Å²) in [7, 11) is -2.44. The summed E-state index contributed by atoms with van der Waals surface area (Å²) in [5.74, 6) is 0.0566. The third-order valence-corrected chi connectivity index (χ3v) is 5.81. The molecular formula is C17H22ClN3O4S. The number of carbonyl (C=O) groups excluding carboxylic acids is 1. The second kappa shape index (κ2) is 7.79. The Bertz CT molecular complexity index is 883. The van der Waals surface area contributed by atoms with Crippen molar-refractivity contribution in [1.82, 2.24) is 9.62 Å². The van der Waals surface area contributed by atoms with E-state index in [1.165, 1.54) is 13.1 Å². The molecule has 2 aromatic rings. The highest BCUT2D eigenvalue weighted by Crippen LogP contribution is 2.29. The van der Waals surface area contributed by atoms with Crippen LogP contribution in [-0.2, 0) is 10.0 Å². The molecule has 1 aliphatic rings. The first kappa shape index (κ1) is 20.4. The zero-order valence-corrected chi connectivity index (χ0v) is 16.1. The van der Waals surface area contributed by atoms with E-state index in [-0.39, 0.29) is 46.7 Å². The molecule has 1 aromatic carbocycles. The number of halogens is 1. The van der Waals surface area contributed by atoms with Crippen LogP contribution in [0, 0.1) is 6.92 Å². The standard InChI is InChI=1S/C17H21N3O4S.ClH/c1-11-13(8-16(24-11)25(22,23)19-2)17(21)20-9-14(15(18)10-20)12-6-4-3-5-7-12;/h3-8,14-15,19H,9-10,18H2,1-2H3;1H/t14-,15+;/m0./s1. The number of amides is 1. The van der Waals surface area contributed by atoms with Gasteiger partial charge in [-0.15, -0.1) is 12.4 Å². The number of carbonyl (C=O) groups is 1. The van der Waals surface area contributed by atoms with Crippen molar-refractivity contribution in [3.8, 4) is 0 Å². The maximum absolute atomic E-state index is 12.8. The molecule has 2 atom stereocenters. The molecule has 0 radical (unpaired) electrons. The number of furan rings is 1. The Morgan fingerprint density at radius 2 is 1.92 bits per heavy atom. The van der Waals surface area contributed by atoms with Gasteiger partial charge >= 0.3 is 0 Å². The SMILES string of the molecule is CNS(=O)(=O)c1cc(C(=O)N2C[C@@H](N)[C@H](c3ccccc3)C2)c(C)o1.Cl. The molecular weight excluding hydrogens is 378 g/mol. The van der Waals surface area contributed by atoms with E-state index in [1.807, 2.05) is 30.3 Å². The van der Waals surface area contributed by atoms with Crippen LogP contribution in [0.4, 0.5) is 0 Å². The number of nitrogens with two attached hydrogens (primary N) is 1. The Morgan fingerprint density at radius 1 is 1.27 bits per heavy atom. The smallest absolute Gasteiger partial charge is 0.273 e. The summed E-state index contributed by atoms with van der Waals surface area (Å²) in [6.45, 7) is 2.48. The highest BCUT2D eigenvalue weighted by Gasteiger charge is 2.35. The van der Waals surface area contributed by atoms with Gasteiger partial charge in [0.25, 0.3) is 15.9 Å². The molecule has 3 rings (SSSR count). The Kier molecular flexibility index (Phi) is 6.13. The third kappa shape index (κ3) is 3.78. The topological polar surface area (TPSA) is 106 Å². The van der Waals surface area contributed by atoms with Crippen molar-refractivity contribution >= 4 is 28.3 Å². The summed E-state index contributed by atoms with van der Waals surface area (Å²) in [5.41, 5.74) is 7.56. The minimum absolute atomic E-state index is 0. The van der Waals surface area contributed by atoms with Gasteiger partial charge in [-0.05, 0) is 19.5 Å². The first-order valence-electron chi connectivity index (χ1n) is 7.97. The van der Waals surface area contributed by atoms with Crippen molar-refractivity contribution in [2.75, 3.05) is 20.1 Å². The van der Waals surface area contributed by atoms with Crippen LogP contribution in [0.3, 0.4) is 0 Å². The highest BCUT2D eigenvalue weighted by molar-refractivity contribution is 7.89. The quantitative estimate of drug-likeness (QED) is 0.810. The number of sulfonamides is 1. The van der Waals surface area contributed by atoms with Gasteiger partial charge in [-0.3, -0.25) is 4.79 Å². The number of nitrogens with zero attached hydrogens (tertiary/aromatic N) is 1. The lowest BCUT2D eigenvalue weighted by Gasteiger charge is -2.16. The number of likely N-dealkylation sites (tertiary alicyclic amines) is 1. The van der Waals surface area contributed by atoms with E-state index in [2.05, 4.69) is 4.72 Å². The summed E-state index contributed by atoms with van der Waals surface area (Å²) in [6.07, 6.45) is 0. The molecule has 9 heteroatoms. The first-order chi connectivity index (χ1) is 11.8. The lowest BCUT2D eigenvalue weighted by Crippen LogP contribution is -2.32. The van der Waals surface area contributed by atoms with Gasteiger partial charge in [0.15, 0.2) is 0 Å². The largest absolute Gasteiger partial charge is 0.448 e. The number of hydrogen-bond donors (Lipinski definition) is 2. The molecule has 1 amide bonds. The van der Waals surface area contributed by atoms with Gasteiger partial charge in [0, 0.05) is 31.1 Å². The highest BCUT2D eigenvalue weighted by atomic mass is 35.5. The molecule has 0 unspecified atom stereocenters. The molecule has 26 heavy (non-hydrogen) atoms. The fourth-order valence-corrected chi connectivity index (χ4v) is 3.83. The predicted molar refractivity (Wildman–Crippen MR) is 100 cm³/mol. The average Bonchev–Trinajstić information content (AvgIpc) is 3.18. The van der Waals surface area contributed by atoms with Crippen molar-refractivity contribution in [3.63, 3.8) is 0 Å². The Labute approximate surface area is 159 Å². The maximum Gasteiger partial charge on any atom is 0.273 e. The fourth-order valence-electron chi connectivity index (χ4n) is 3.12. The second-order valence-electron chi connectivity index (χ2n) is 6.13. The minimum Gasteiger partial charge on any atom is -0.448 e. The average molecular weight is 400 g/mol. The van der Waals surface area contributed by atoms with Gasteiger partial charge in [-0.1, -0.05) is 30.3 Å². The van der Waals surface area contributed by atoms with Gasteiger partial charge in [0.1, 0.15) is 5.76 Å². The zero-order valence-electron chi connectivity index (χ0n) is 14.5. The minimum atomic E-state index is -3.73. The van der Waals surface area contributed by atoms with Gasteiger partial charge in [-0.25, -0.2) is 13.1 Å². The van der Waals surface area contributed by atoms with E-state index < -0.39 is 10.0 Å². The second-order valence-corrected chi connectivity index (χ2v) is 7.95. The van der Waals surface area contributed by atoms with Gasteiger partial charge < -0.3 is 15.1 Å². The van der Waals surface area contributed by atoms with Gasteiger partial charge in [-0.2, -0.15) is 0 Å². The third-order valence-electron chi connectivity index (χ3n) is 4.54. The van der Waals surface area contributed by atoms with Crippen LogP contribution in [-0.4, -0.2) is 45.4 Å². The lowest BCUT2D eigenvalue weighted by atomic mass is 9.95. The van der Waals surface area contributed by atoms with Crippen LogP contribution in [0.2, 0.25) is 0 Å². The van der Waals surface area contributed by atoms with E-state index in [1.54, 1.807) is 11.8 Å². The van der Waals surface area contributed by atoms with Crippen LogP contribution in [0.1, 0.15) is 27.6 Å². The fraction of sp³-hybridized carbons (Fsp3) is 0.353. The van der Waals surface area contributed by atoms with E-state index in [0.717, 1.165) is 5.56 Å². The van der Waals surface area contributed by atoms with Crippen molar-refractivity contribution in [3.05, 3.63) is 53.3 Å². The summed E-state index contributed by atoms with van der Waals surface area (Å²) in [4.78, 5) is 14.5. The number of rotatable bonds is 4. The number of nitrogens with one attached hydrogen (secondary N) is 1. The molecule has 0 aliphatic carbocycles. The van der Waals surface area contributed by atoms with Gasteiger partial charge in [0.05, 0.1) is 5.56 Å². The van der Waals surface area contributed by atoms with Crippen molar-refractivity contribution in [2.45, 2.75) is 24.0 Å². The summed E-state index contributed by atoms with van der Waals surface area (Å²) >= 11 is 0. The van der Waals surface area contributed by atoms with Crippen LogP contribution in [0.5, 0.6) is 0 Å². The number of hydrogen-bond acceptors (Lipinski definition) is 5. The lowest BCUT2D eigenvalue weighted by molar-refractivity contribution is 0.0787. The maximum atomic E-state index is 12.8. The van der Waals surface area contributed by atoms with Crippen LogP contribution >= 0.6 is 12.4 Å². The monoisotopic (exact) mass is 399 g/mol. The van der Waals surface area contributed by atoms with E-state index in [0.29, 0.717) is 13.1 Å². The van der Waals surface area contributed by atoms with E-state index >= 15 is 0 Å². The van der Waals surface area contributed by atoms with Crippen LogP contribution in [0.25, 0.3) is 0 Å². The molecule has 3 N–H and O–H groups in total. The van der Waals surface area contributed by atoms with Crippen molar-refractivity contribution in [1.29, 1.82) is 0 Å². The summed E-state index contributed by atoms with van der Waals surface area (Å²) in [6, 6.07) is 10.9. The Hall–Kier alpha value is -1.87.